The predicted molar refractivity (Wildman–Crippen MR) is 80.7 cm³/mol. The highest BCUT2D eigenvalue weighted by atomic mass is 32.1. The zero-order valence-corrected chi connectivity index (χ0v) is 12.6. The Morgan fingerprint density at radius 3 is 3.05 bits per heavy atom. The first-order valence-electron chi connectivity index (χ1n) is 7.76. The van der Waals surface area contributed by atoms with Crippen molar-refractivity contribution in [3.05, 3.63) is 22.4 Å². The van der Waals surface area contributed by atoms with Crippen molar-refractivity contribution < 1.29 is 4.74 Å². The van der Waals surface area contributed by atoms with E-state index in [4.69, 9.17) is 4.74 Å². The summed E-state index contributed by atoms with van der Waals surface area (Å²) in [6.45, 7) is 3.39. The van der Waals surface area contributed by atoms with Crippen LogP contribution in [-0.2, 0) is 11.2 Å². The van der Waals surface area contributed by atoms with Gasteiger partial charge in [0.25, 0.3) is 0 Å². The fourth-order valence-electron chi connectivity index (χ4n) is 3.65. The molecule has 3 heteroatoms. The van der Waals surface area contributed by atoms with Crippen LogP contribution >= 0.6 is 11.3 Å². The molecule has 4 unspecified atom stereocenters. The van der Waals surface area contributed by atoms with E-state index in [1.165, 1.54) is 44.1 Å². The summed E-state index contributed by atoms with van der Waals surface area (Å²) in [5, 5.41) is 8.25. The van der Waals surface area contributed by atoms with Crippen LogP contribution < -0.4 is 5.32 Å². The molecule has 2 aliphatic heterocycles. The molecule has 2 nitrogen and oxygen atoms in total. The SMILES string of the molecule is CCCNC(CCc1ccsc1)C1CC2CCC1O2. The first kappa shape index (κ1) is 13.6. The van der Waals surface area contributed by atoms with Gasteiger partial charge in [0, 0.05) is 12.0 Å². The molecule has 0 aromatic carbocycles. The Labute approximate surface area is 120 Å². The maximum atomic E-state index is 6.04. The van der Waals surface area contributed by atoms with E-state index >= 15 is 0 Å². The van der Waals surface area contributed by atoms with Crippen LogP contribution in [0.1, 0.15) is 44.6 Å². The van der Waals surface area contributed by atoms with Gasteiger partial charge in [-0.05, 0) is 67.5 Å². The van der Waals surface area contributed by atoms with Crippen molar-refractivity contribution in [2.45, 2.75) is 63.7 Å². The van der Waals surface area contributed by atoms with Crippen LogP contribution in [0.2, 0.25) is 0 Å². The number of thiophene rings is 1. The third-order valence-electron chi connectivity index (χ3n) is 4.65. The summed E-state index contributed by atoms with van der Waals surface area (Å²) in [5.41, 5.74) is 1.50. The lowest BCUT2D eigenvalue weighted by atomic mass is 9.81. The maximum absolute atomic E-state index is 6.04. The van der Waals surface area contributed by atoms with E-state index < -0.39 is 0 Å². The Kier molecular flexibility index (Phi) is 4.57. The summed E-state index contributed by atoms with van der Waals surface area (Å²) < 4.78 is 6.04. The van der Waals surface area contributed by atoms with Gasteiger partial charge < -0.3 is 10.1 Å². The minimum atomic E-state index is 0.543. The Morgan fingerprint density at radius 1 is 1.47 bits per heavy atom. The van der Waals surface area contributed by atoms with Crippen molar-refractivity contribution in [2.24, 2.45) is 5.92 Å². The molecule has 0 aliphatic carbocycles. The summed E-state index contributed by atoms with van der Waals surface area (Å²) in [7, 11) is 0. The second-order valence-corrected chi connectivity index (χ2v) is 6.78. The molecule has 2 fully saturated rings. The van der Waals surface area contributed by atoms with Gasteiger partial charge in [-0.2, -0.15) is 11.3 Å². The smallest absolute Gasteiger partial charge is 0.0623 e. The molecule has 2 saturated heterocycles. The number of hydrogen-bond donors (Lipinski definition) is 1. The lowest BCUT2D eigenvalue weighted by Gasteiger charge is -2.29. The molecular weight excluding hydrogens is 254 g/mol. The Hall–Kier alpha value is -0.380. The van der Waals surface area contributed by atoms with Crippen LogP contribution in [0, 0.1) is 5.92 Å². The average molecular weight is 279 g/mol. The minimum absolute atomic E-state index is 0.543. The third-order valence-corrected chi connectivity index (χ3v) is 5.38. The summed E-state index contributed by atoms with van der Waals surface area (Å²) in [6, 6.07) is 2.91. The second-order valence-electron chi connectivity index (χ2n) is 6.00. The fraction of sp³-hybridized carbons (Fsp3) is 0.750. The molecule has 106 valence electrons. The quantitative estimate of drug-likeness (QED) is 0.823. The molecule has 3 heterocycles. The molecule has 0 saturated carbocycles. The van der Waals surface area contributed by atoms with E-state index in [-0.39, 0.29) is 0 Å². The lowest BCUT2D eigenvalue weighted by Crippen LogP contribution is -2.41. The highest BCUT2D eigenvalue weighted by Crippen LogP contribution is 2.41. The van der Waals surface area contributed by atoms with Gasteiger partial charge in [0.15, 0.2) is 0 Å². The standard InChI is InChI=1S/C16H25NOS/c1-2-8-17-15(5-3-12-7-9-19-11-12)14-10-13-4-6-16(14)18-13/h7,9,11,13-17H,2-6,8,10H2,1H3. The molecule has 4 atom stereocenters. The predicted octanol–water partition coefficient (Wildman–Crippen LogP) is 3.62. The Bertz CT molecular complexity index is 378. The van der Waals surface area contributed by atoms with Crippen LogP contribution in [0.15, 0.2) is 16.8 Å². The van der Waals surface area contributed by atoms with Crippen LogP contribution in [0.5, 0.6) is 0 Å². The fourth-order valence-corrected chi connectivity index (χ4v) is 4.36. The van der Waals surface area contributed by atoms with Gasteiger partial charge >= 0.3 is 0 Å². The Morgan fingerprint density at radius 2 is 2.42 bits per heavy atom. The molecule has 3 rings (SSSR count). The lowest BCUT2D eigenvalue weighted by molar-refractivity contribution is 0.0850. The van der Waals surface area contributed by atoms with Crippen molar-refractivity contribution >= 4 is 11.3 Å². The summed E-state index contributed by atoms with van der Waals surface area (Å²) in [6.07, 6.45) is 8.67. The molecule has 0 amide bonds. The van der Waals surface area contributed by atoms with E-state index in [9.17, 15) is 0 Å². The Balaban J connectivity index is 1.57. The summed E-state index contributed by atoms with van der Waals surface area (Å²) in [4.78, 5) is 0. The van der Waals surface area contributed by atoms with Gasteiger partial charge in [0.05, 0.1) is 12.2 Å². The molecule has 0 radical (unpaired) electrons. The van der Waals surface area contributed by atoms with Crippen molar-refractivity contribution in [2.75, 3.05) is 6.54 Å². The van der Waals surface area contributed by atoms with E-state index in [1.54, 1.807) is 0 Å². The molecule has 19 heavy (non-hydrogen) atoms. The van der Waals surface area contributed by atoms with E-state index in [1.807, 2.05) is 11.3 Å². The highest BCUT2D eigenvalue weighted by Gasteiger charge is 2.43. The molecule has 1 N–H and O–H groups in total. The summed E-state index contributed by atoms with van der Waals surface area (Å²) in [5.74, 6) is 0.754. The van der Waals surface area contributed by atoms with Crippen molar-refractivity contribution in [1.29, 1.82) is 0 Å². The monoisotopic (exact) mass is 279 g/mol. The van der Waals surface area contributed by atoms with Gasteiger partial charge in [0.1, 0.15) is 0 Å². The average Bonchev–Trinajstić information content (AvgIpc) is 3.16. The van der Waals surface area contributed by atoms with Gasteiger partial charge in [-0.3, -0.25) is 0 Å². The van der Waals surface area contributed by atoms with E-state index in [0.29, 0.717) is 18.2 Å². The highest BCUT2D eigenvalue weighted by molar-refractivity contribution is 7.07. The summed E-state index contributed by atoms with van der Waals surface area (Å²) >= 11 is 1.81. The molecule has 2 bridgehead atoms. The number of aryl methyl sites for hydroxylation is 1. The molecule has 1 aromatic heterocycles. The number of fused-ring (bicyclic) bond motifs is 2. The van der Waals surface area contributed by atoms with Gasteiger partial charge in [-0.15, -0.1) is 0 Å². The van der Waals surface area contributed by atoms with Crippen molar-refractivity contribution in [3.63, 3.8) is 0 Å². The number of ether oxygens (including phenoxy) is 1. The number of rotatable bonds is 7. The second kappa shape index (κ2) is 6.38. The molecule has 0 spiro atoms. The van der Waals surface area contributed by atoms with Crippen LogP contribution in [0.25, 0.3) is 0 Å². The topological polar surface area (TPSA) is 21.3 Å². The normalized spacial score (nSPS) is 30.9. The van der Waals surface area contributed by atoms with Gasteiger partial charge in [0.2, 0.25) is 0 Å². The molecular formula is C16H25NOS. The third kappa shape index (κ3) is 3.21. The first-order chi connectivity index (χ1) is 9.36. The van der Waals surface area contributed by atoms with Crippen LogP contribution in [-0.4, -0.2) is 24.8 Å². The maximum Gasteiger partial charge on any atom is 0.0623 e. The van der Waals surface area contributed by atoms with Crippen molar-refractivity contribution in [1.82, 2.24) is 5.32 Å². The van der Waals surface area contributed by atoms with E-state index in [2.05, 4.69) is 29.1 Å². The zero-order chi connectivity index (χ0) is 13.1. The van der Waals surface area contributed by atoms with Gasteiger partial charge in [-0.25, -0.2) is 0 Å². The molecule has 2 aliphatic rings. The zero-order valence-electron chi connectivity index (χ0n) is 11.8. The number of hydrogen-bond acceptors (Lipinski definition) is 3. The van der Waals surface area contributed by atoms with Crippen molar-refractivity contribution in [3.8, 4) is 0 Å². The van der Waals surface area contributed by atoms with E-state index in [0.717, 1.165) is 12.5 Å². The minimum Gasteiger partial charge on any atom is -0.375 e. The largest absolute Gasteiger partial charge is 0.375 e. The van der Waals surface area contributed by atoms with Crippen LogP contribution in [0.3, 0.4) is 0 Å². The van der Waals surface area contributed by atoms with Gasteiger partial charge in [-0.1, -0.05) is 6.92 Å². The number of nitrogens with one attached hydrogen (secondary N) is 1. The van der Waals surface area contributed by atoms with Crippen LogP contribution in [0.4, 0.5) is 0 Å². The first-order valence-corrected chi connectivity index (χ1v) is 8.71. The molecule has 1 aromatic rings.